The highest BCUT2D eigenvalue weighted by Gasteiger charge is 2.21. The van der Waals surface area contributed by atoms with Crippen LogP contribution in [0.3, 0.4) is 0 Å². The predicted octanol–water partition coefficient (Wildman–Crippen LogP) is 6.21. The quantitative estimate of drug-likeness (QED) is 0.342. The van der Waals surface area contributed by atoms with Crippen LogP contribution in [0.25, 0.3) is 17.3 Å². The van der Waals surface area contributed by atoms with Gasteiger partial charge in [0.1, 0.15) is 0 Å². The molecule has 32 heavy (non-hydrogen) atoms. The van der Waals surface area contributed by atoms with E-state index >= 15 is 0 Å². The summed E-state index contributed by atoms with van der Waals surface area (Å²) >= 11 is 7.37. The van der Waals surface area contributed by atoms with E-state index in [-0.39, 0.29) is 17.1 Å². The number of hydrogen-bond donors (Lipinski definition) is 1. The van der Waals surface area contributed by atoms with Crippen molar-refractivity contribution in [3.05, 3.63) is 77.5 Å². The van der Waals surface area contributed by atoms with Crippen LogP contribution < -0.4 is 5.32 Å². The minimum absolute atomic E-state index is 0.0796. The highest BCUT2D eigenvalue weighted by Crippen LogP contribution is 2.31. The highest BCUT2D eigenvalue weighted by atomic mass is 35.5. The minimum atomic E-state index is -0.114. The van der Waals surface area contributed by atoms with Crippen molar-refractivity contribution in [1.82, 2.24) is 14.8 Å². The van der Waals surface area contributed by atoms with Gasteiger partial charge in [-0.2, -0.15) is 0 Å². The molecule has 0 aliphatic carbocycles. The average Bonchev–Trinajstić information content (AvgIpc) is 3.42. The molecule has 2 aromatic carbocycles. The number of amides is 1. The Morgan fingerprint density at radius 2 is 1.81 bits per heavy atom. The van der Waals surface area contributed by atoms with E-state index in [4.69, 9.17) is 16.0 Å². The lowest BCUT2D eigenvalue weighted by molar-refractivity contribution is -0.113. The molecule has 0 atom stereocenters. The van der Waals surface area contributed by atoms with Crippen LogP contribution in [0.15, 0.2) is 76.5 Å². The fourth-order valence-corrected chi connectivity index (χ4v) is 4.19. The predicted molar refractivity (Wildman–Crippen MR) is 129 cm³/mol. The summed E-state index contributed by atoms with van der Waals surface area (Å²) < 4.78 is 7.39. The SMILES string of the molecule is CC(C)(C)c1ccccc1NC(=O)CSc1nnc(-c2ccco2)n1-c1ccc(Cl)cc1. The normalized spacial score (nSPS) is 11.5. The number of furan rings is 1. The number of anilines is 1. The topological polar surface area (TPSA) is 73.0 Å². The maximum absolute atomic E-state index is 12.8. The number of hydrogen-bond acceptors (Lipinski definition) is 5. The smallest absolute Gasteiger partial charge is 0.234 e. The molecule has 4 aromatic rings. The summed E-state index contributed by atoms with van der Waals surface area (Å²) in [5.41, 5.74) is 2.65. The van der Waals surface area contributed by atoms with Gasteiger partial charge in [-0.1, -0.05) is 62.3 Å². The first-order valence-corrected chi connectivity index (χ1v) is 11.5. The largest absolute Gasteiger partial charge is 0.461 e. The number of carbonyl (C=O) groups is 1. The molecule has 0 saturated carbocycles. The Labute approximate surface area is 196 Å². The molecule has 0 bridgehead atoms. The zero-order chi connectivity index (χ0) is 22.7. The van der Waals surface area contributed by atoms with Crippen molar-refractivity contribution in [1.29, 1.82) is 0 Å². The van der Waals surface area contributed by atoms with Gasteiger partial charge in [0.25, 0.3) is 0 Å². The van der Waals surface area contributed by atoms with Crippen LogP contribution in [0.4, 0.5) is 5.69 Å². The summed E-state index contributed by atoms with van der Waals surface area (Å²) in [7, 11) is 0. The van der Waals surface area contributed by atoms with Crippen LogP contribution in [0, 0.1) is 0 Å². The molecule has 0 radical (unpaired) electrons. The molecule has 0 saturated heterocycles. The first-order chi connectivity index (χ1) is 15.3. The Morgan fingerprint density at radius 3 is 2.50 bits per heavy atom. The van der Waals surface area contributed by atoms with Gasteiger partial charge >= 0.3 is 0 Å². The van der Waals surface area contributed by atoms with E-state index in [1.807, 2.05) is 47.0 Å². The molecule has 0 unspecified atom stereocenters. The van der Waals surface area contributed by atoms with E-state index in [9.17, 15) is 4.79 Å². The Morgan fingerprint density at radius 1 is 1.06 bits per heavy atom. The first-order valence-electron chi connectivity index (χ1n) is 10.1. The number of aromatic nitrogens is 3. The highest BCUT2D eigenvalue weighted by molar-refractivity contribution is 7.99. The number of rotatable bonds is 6. The number of nitrogens with zero attached hydrogens (tertiary/aromatic N) is 3. The van der Waals surface area contributed by atoms with Crippen molar-refractivity contribution in [2.75, 3.05) is 11.1 Å². The zero-order valence-corrected chi connectivity index (χ0v) is 19.6. The molecular formula is C24H23ClN4O2S. The molecule has 8 heteroatoms. The molecule has 0 aliphatic rings. The molecular weight excluding hydrogens is 444 g/mol. The van der Waals surface area contributed by atoms with Crippen LogP contribution in [0.1, 0.15) is 26.3 Å². The Kier molecular flexibility index (Phi) is 6.39. The standard InChI is InChI=1S/C24H23ClN4O2S/c1-24(2,3)18-7-4-5-8-19(18)26-21(30)15-32-23-28-27-22(20-9-6-14-31-20)29(23)17-12-10-16(25)11-13-17/h4-14H,15H2,1-3H3,(H,26,30). The molecule has 4 rings (SSSR count). The van der Waals surface area contributed by atoms with Gasteiger partial charge in [-0.15, -0.1) is 10.2 Å². The number of para-hydroxylation sites is 1. The fraction of sp³-hybridized carbons (Fsp3) is 0.208. The Hall–Kier alpha value is -3.03. The number of nitrogens with one attached hydrogen (secondary N) is 1. The third-order valence-corrected chi connectivity index (χ3v) is 5.98. The maximum atomic E-state index is 12.8. The lowest BCUT2D eigenvalue weighted by atomic mass is 9.86. The minimum Gasteiger partial charge on any atom is -0.461 e. The number of benzene rings is 2. The van der Waals surface area contributed by atoms with Crippen LogP contribution in [0.5, 0.6) is 0 Å². The molecule has 6 nitrogen and oxygen atoms in total. The molecule has 0 spiro atoms. The van der Waals surface area contributed by atoms with E-state index in [0.29, 0.717) is 21.8 Å². The van der Waals surface area contributed by atoms with Crippen molar-refractivity contribution >= 4 is 35.0 Å². The van der Waals surface area contributed by atoms with Crippen molar-refractivity contribution in [2.45, 2.75) is 31.3 Å². The van der Waals surface area contributed by atoms with Crippen LogP contribution in [-0.4, -0.2) is 26.4 Å². The summed E-state index contributed by atoms with van der Waals surface area (Å²) in [6.07, 6.45) is 1.59. The lowest BCUT2D eigenvalue weighted by Gasteiger charge is -2.23. The van der Waals surface area contributed by atoms with E-state index in [2.05, 4.69) is 36.3 Å². The van der Waals surface area contributed by atoms with Crippen molar-refractivity contribution in [2.24, 2.45) is 0 Å². The van der Waals surface area contributed by atoms with Gasteiger partial charge in [0.05, 0.1) is 12.0 Å². The number of halogens is 1. The third kappa shape index (κ3) is 4.89. The second kappa shape index (κ2) is 9.22. The summed E-state index contributed by atoms with van der Waals surface area (Å²) in [6, 6.07) is 18.8. The molecule has 2 aromatic heterocycles. The fourth-order valence-electron chi connectivity index (χ4n) is 3.31. The average molecular weight is 467 g/mol. The maximum Gasteiger partial charge on any atom is 0.234 e. The van der Waals surface area contributed by atoms with E-state index in [1.54, 1.807) is 24.5 Å². The Balaban J connectivity index is 1.57. The van der Waals surface area contributed by atoms with Crippen LogP contribution >= 0.6 is 23.4 Å². The van der Waals surface area contributed by atoms with E-state index in [0.717, 1.165) is 16.9 Å². The molecule has 2 heterocycles. The van der Waals surface area contributed by atoms with E-state index < -0.39 is 0 Å². The summed E-state index contributed by atoms with van der Waals surface area (Å²) in [5.74, 6) is 1.21. The lowest BCUT2D eigenvalue weighted by Crippen LogP contribution is -2.20. The molecule has 0 aliphatic heterocycles. The molecule has 164 valence electrons. The zero-order valence-electron chi connectivity index (χ0n) is 18.0. The van der Waals surface area contributed by atoms with E-state index in [1.165, 1.54) is 11.8 Å². The Bertz CT molecular complexity index is 1210. The molecule has 0 fully saturated rings. The first kappa shape index (κ1) is 22.2. The van der Waals surface area contributed by atoms with Gasteiger partial charge in [-0.25, -0.2) is 0 Å². The van der Waals surface area contributed by atoms with Gasteiger partial charge in [-0.05, 0) is 53.4 Å². The summed E-state index contributed by atoms with van der Waals surface area (Å²) in [5, 5.41) is 12.9. The molecule has 1 N–H and O–H groups in total. The van der Waals surface area contributed by atoms with Crippen molar-refractivity contribution in [3.8, 4) is 17.3 Å². The third-order valence-electron chi connectivity index (χ3n) is 4.80. The number of carbonyl (C=O) groups excluding carboxylic acids is 1. The van der Waals surface area contributed by atoms with Gasteiger partial charge < -0.3 is 9.73 Å². The van der Waals surface area contributed by atoms with Crippen LogP contribution in [-0.2, 0) is 10.2 Å². The number of thioether (sulfide) groups is 1. The van der Waals surface area contributed by atoms with Crippen molar-refractivity contribution in [3.63, 3.8) is 0 Å². The van der Waals surface area contributed by atoms with Crippen LogP contribution in [0.2, 0.25) is 5.02 Å². The molecule has 1 amide bonds. The second-order valence-corrected chi connectivity index (χ2v) is 9.61. The van der Waals surface area contributed by atoms with Gasteiger partial charge in [0, 0.05) is 16.4 Å². The summed E-state index contributed by atoms with van der Waals surface area (Å²) in [6.45, 7) is 6.37. The second-order valence-electron chi connectivity index (χ2n) is 8.23. The van der Waals surface area contributed by atoms with Gasteiger partial charge in [0.15, 0.2) is 10.9 Å². The van der Waals surface area contributed by atoms with Gasteiger partial charge in [-0.3, -0.25) is 9.36 Å². The monoisotopic (exact) mass is 466 g/mol. The van der Waals surface area contributed by atoms with Crippen molar-refractivity contribution < 1.29 is 9.21 Å². The summed E-state index contributed by atoms with van der Waals surface area (Å²) in [4.78, 5) is 12.8. The van der Waals surface area contributed by atoms with Gasteiger partial charge in [0.2, 0.25) is 11.7 Å².